The Morgan fingerprint density at radius 1 is 1.50 bits per heavy atom. The van der Waals surface area contributed by atoms with Gasteiger partial charge in [-0.25, -0.2) is 0 Å². The lowest BCUT2D eigenvalue weighted by Crippen LogP contribution is -2.23. The van der Waals surface area contributed by atoms with E-state index < -0.39 is 0 Å². The van der Waals surface area contributed by atoms with E-state index in [2.05, 4.69) is 41.9 Å². The minimum atomic E-state index is 0.560. The van der Waals surface area contributed by atoms with Gasteiger partial charge in [0, 0.05) is 24.5 Å². The van der Waals surface area contributed by atoms with E-state index >= 15 is 0 Å². The number of aromatic nitrogens is 2. The van der Waals surface area contributed by atoms with Crippen molar-refractivity contribution in [3.05, 3.63) is 18.0 Å². The molecule has 1 aromatic rings. The number of aryl methyl sites for hydroxylation is 1. The molecule has 1 N–H and O–H groups in total. The van der Waals surface area contributed by atoms with Crippen molar-refractivity contribution in [2.75, 3.05) is 7.05 Å². The Hall–Kier alpha value is -0.830. The largest absolute Gasteiger partial charge is 0.317 e. The Bertz CT molecular complexity index is 267. The van der Waals surface area contributed by atoms with Crippen LogP contribution in [0.3, 0.4) is 0 Å². The van der Waals surface area contributed by atoms with Gasteiger partial charge in [0.1, 0.15) is 0 Å². The van der Waals surface area contributed by atoms with Gasteiger partial charge in [-0.2, -0.15) is 5.10 Å². The van der Waals surface area contributed by atoms with Crippen molar-refractivity contribution in [2.45, 2.75) is 45.7 Å². The van der Waals surface area contributed by atoms with Gasteiger partial charge in [0.05, 0.1) is 0 Å². The monoisotopic (exact) mass is 195 g/mol. The zero-order valence-corrected chi connectivity index (χ0v) is 9.62. The second-order valence-electron chi connectivity index (χ2n) is 3.90. The minimum absolute atomic E-state index is 0.560. The SMILES string of the molecule is CCn1nccc1C(C)CC(C)NC. The molecule has 2 atom stereocenters. The van der Waals surface area contributed by atoms with E-state index in [1.54, 1.807) is 0 Å². The van der Waals surface area contributed by atoms with Gasteiger partial charge in [-0.1, -0.05) is 6.92 Å². The smallest absolute Gasteiger partial charge is 0.0492 e. The quantitative estimate of drug-likeness (QED) is 0.779. The molecule has 0 spiro atoms. The van der Waals surface area contributed by atoms with Crippen LogP contribution in [0.2, 0.25) is 0 Å². The zero-order valence-electron chi connectivity index (χ0n) is 9.62. The predicted octanol–water partition coefficient (Wildman–Crippen LogP) is 2.00. The van der Waals surface area contributed by atoms with Crippen LogP contribution in [0.15, 0.2) is 12.3 Å². The fourth-order valence-electron chi connectivity index (χ4n) is 1.79. The maximum atomic E-state index is 4.29. The van der Waals surface area contributed by atoms with Crippen LogP contribution in [-0.2, 0) is 6.54 Å². The van der Waals surface area contributed by atoms with Crippen molar-refractivity contribution in [2.24, 2.45) is 0 Å². The Balaban J connectivity index is 2.64. The van der Waals surface area contributed by atoms with Crippen molar-refractivity contribution in [1.29, 1.82) is 0 Å². The average Bonchev–Trinajstić information content (AvgIpc) is 2.65. The summed E-state index contributed by atoms with van der Waals surface area (Å²) in [6, 6.07) is 2.68. The van der Waals surface area contributed by atoms with Crippen LogP contribution in [-0.4, -0.2) is 22.9 Å². The molecule has 80 valence electrons. The van der Waals surface area contributed by atoms with Gasteiger partial charge in [-0.15, -0.1) is 0 Å². The Morgan fingerprint density at radius 2 is 2.21 bits per heavy atom. The van der Waals surface area contributed by atoms with Gasteiger partial charge in [-0.05, 0) is 39.3 Å². The topological polar surface area (TPSA) is 29.9 Å². The fraction of sp³-hybridized carbons (Fsp3) is 0.727. The van der Waals surface area contributed by atoms with Crippen LogP contribution >= 0.6 is 0 Å². The molecule has 2 unspecified atom stereocenters. The molecular formula is C11H21N3. The van der Waals surface area contributed by atoms with Crippen LogP contribution in [0.5, 0.6) is 0 Å². The van der Waals surface area contributed by atoms with E-state index in [9.17, 15) is 0 Å². The molecule has 0 fully saturated rings. The average molecular weight is 195 g/mol. The normalized spacial score (nSPS) is 15.4. The summed E-state index contributed by atoms with van der Waals surface area (Å²) in [7, 11) is 2.01. The lowest BCUT2D eigenvalue weighted by atomic mass is 9.99. The van der Waals surface area contributed by atoms with E-state index in [1.807, 2.05) is 13.2 Å². The molecule has 0 radical (unpaired) electrons. The maximum Gasteiger partial charge on any atom is 0.0492 e. The van der Waals surface area contributed by atoms with E-state index in [0.29, 0.717) is 12.0 Å². The van der Waals surface area contributed by atoms with Gasteiger partial charge in [-0.3, -0.25) is 4.68 Å². The third-order valence-corrected chi connectivity index (χ3v) is 2.75. The summed E-state index contributed by atoms with van der Waals surface area (Å²) in [4.78, 5) is 0. The number of hydrogen-bond donors (Lipinski definition) is 1. The molecule has 1 heterocycles. The summed E-state index contributed by atoms with van der Waals surface area (Å²) in [5.74, 6) is 0.569. The molecule has 0 aliphatic heterocycles. The second kappa shape index (κ2) is 5.15. The Labute approximate surface area is 86.5 Å². The van der Waals surface area contributed by atoms with Gasteiger partial charge in [0.2, 0.25) is 0 Å². The minimum Gasteiger partial charge on any atom is -0.317 e. The van der Waals surface area contributed by atoms with Crippen molar-refractivity contribution in [3.8, 4) is 0 Å². The van der Waals surface area contributed by atoms with Gasteiger partial charge in [0.25, 0.3) is 0 Å². The molecule has 3 heteroatoms. The van der Waals surface area contributed by atoms with E-state index in [0.717, 1.165) is 13.0 Å². The van der Waals surface area contributed by atoms with Crippen LogP contribution in [0.1, 0.15) is 38.8 Å². The number of rotatable bonds is 5. The molecular weight excluding hydrogens is 174 g/mol. The van der Waals surface area contributed by atoms with Gasteiger partial charge >= 0.3 is 0 Å². The highest BCUT2D eigenvalue weighted by atomic mass is 15.3. The van der Waals surface area contributed by atoms with Gasteiger partial charge in [0.15, 0.2) is 0 Å². The number of nitrogens with zero attached hydrogens (tertiary/aromatic N) is 2. The standard InChI is InChI=1S/C11H21N3/c1-5-14-11(6-7-13-14)9(2)8-10(3)12-4/h6-7,9-10,12H,5,8H2,1-4H3. The first-order chi connectivity index (χ1) is 6.69. The highest BCUT2D eigenvalue weighted by Gasteiger charge is 2.12. The number of hydrogen-bond acceptors (Lipinski definition) is 2. The highest BCUT2D eigenvalue weighted by molar-refractivity contribution is 5.07. The van der Waals surface area contributed by atoms with Crippen molar-refractivity contribution in [1.82, 2.24) is 15.1 Å². The van der Waals surface area contributed by atoms with Crippen molar-refractivity contribution in [3.63, 3.8) is 0 Å². The third kappa shape index (κ3) is 2.58. The molecule has 0 aliphatic carbocycles. The van der Waals surface area contributed by atoms with Crippen LogP contribution in [0.25, 0.3) is 0 Å². The molecule has 0 saturated heterocycles. The molecule has 0 aromatic carbocycles. The second-order valence-corrected chi connectivity index (χ2v) is 3.90. The molecule has 14 heavy (non-hydrogen) atoms. The Morgan fingerprint density at radius 3 is 2.79 bits per heavy atom. The Kier molecular flexibility index (Phi) is 4.14. The summed E-state index contributed by atoms with van der Waals surface area (Å²) in [6.45, 7) is 7.56. The van der Waals surface area contributed by atoms with E-state index in [1.165, 1.54) is 5.69 Å². The van der Waals surface area contributed by atoms with E-state index in [-0.39, 0.29) is 0 Å². The summed E-state index contributed by atoms with van der Waals surface area (Å²) < 4.78 is 2.08. The molecule has 0 bridgehead atoms. The lowest BCUT2D eigenvalue weighted by Gasteiger charge is -2.17. The van der Waals surface area contributed by atoms with Crippen LogP contribution in [0, 0.1) is 0 Å². The summed E-state index contributed by atoms with van der Waals surface area (Å²) in [5.41, 5.74) is 1.34. The number of nitrogens with one attached hydrogen (secondary N) is 1. The molecule has 0 saturated carbocycles. The van der Waals surface area contributed by atoms with Crippen LogP contribution < -0.4 is 5.32 Å². The predicted molar refractivity (Wildman–Crippen MR) is 59.5 cm³/mol. The zero-order chi connectivity index (χ0) is 10.6. The molecule has 1 aromatic heterocycles. The fourth-order valence-corrected chi connectivity index (χ4v) is 1.79. The highest BCUT2D eigenvalue weighted by Crippen LogP contribution is 2.19. The summed E-state index contributed by atoms with van der Waals surface area (Å²) >= 11 is 0. The lowest BCUT2D eigenvalue weighted by molar-refractivity contribution is 0.485. The summed E-state index contributed by atoms with van der Waals surface area (Å²) in [6.07, 6.45) is 3.04. The first-order valence-electron chi connectivity index (χ1n) is 5.38. The molecule has 0 amide bonds. The first-order valence-corrected chi connectivity index (χ1v) is 5.38. The maximum absolute atomic E-state index is 4.29. The molecule has 0 aliphatic rings. The first kappa shape index (κ1) is 11.2. The molecule has 3 nitrogen and oxygen atoms in total. The van der Waals surface area contributed by atoms with Crippen molar-refractivity contribution >= 4 is 0 Å². The molecule has 1 rings (SSSR count). The van der Waals surface area contributed by atoms with Gasteiger partial charge < -0.3 is 5.32 Å². The third-order valence-electron chi connectivity index (χ3n) is 2.75. The van der Waals surface area contributed by atoms with E-state index in [4.69, 9.17) is 0 Å². The van der Waals surface area contributed by atoms with Crippen LogP contribution in [0.4, 0.5) is 0 Å². The summed E-state index contributed by atoms with van der Waals surface area (Å²) in [5, 5.41) is 7.55. The van der Waals surface area contributed by atoms with Crippen molar-refractivity contribution < 1.29 is 0 Å².